The molecule has 0 amide bonds. The number of nitrogens with two attached hydrogens (primary N) is 2. The summed E-state index contributed by atoms with van der Waals surface area (Å²) in [5.74, 6) is 6.87. The van der Waals surface area contributed by atoms with E-state index < -0.39 is 10.0 Å². The van der Waals surface area contributed by atoms with Gasteiger partial charge >= 0.3 is 0 Å². The molecule has 93 heavy (non-hydrogen) atoms. The quantitative estimate of drug-likeness (QED) is 0.0384. The smallest absolute Gasteiger partial charge is 0.253 e. The summed E-state index contributed by atoms with van der Waals surface area (Å²) < 4.78 is 24.3. The normalized spacial score (nSPS) is 16.8. The summed E-state index contributed by atoms with van der Waals surface area (Å²) in [6.45, 7) is 10.4. The highest BCUT2D eigenvalue weighted by atomic mass is 32.2. The summed E-state index contributed by atoms with van der Waals surface area (Å²) in [5.41, 5.74) is 17.4. The molecule has 0 aliphatic carbocycles. The molecule has 4 saturated heterocycles. The van der Waals surface area contributed by atoms with Gasteiger partial charge in [0.15, 0.2) is 12.1 Å². The molecule has 2 atom stereocenters. The first kappa shape index (κ1) is 70.5. The minimum absolute atomic E-state index is 0.160. The molecule has 13 rings (SSSR count). The summed E-state index contributed by atoms with van der Waals surface area (Å²) in [5, 5.41) is 5.13. The highest BCUT2D eigenvalue weighted by Crippen LogP contribution is 2.37. The van der Waals surface area contributed by atoms with Crippen molar-refractivity contribution in [3.05, 3.63) is 205 Å². The number of nitrogens with one attached hydrogen (secondary N) is 2. The molecule has 4 aliphatic rings. The maximum atomic E-state index is 12.0. The number of nitrogens with zero attached hydrogens (tertiary/aromatic N) is 11. The van der Waals surface area contributed by atoms with Crippen LogP contribution in [0.25, 0.3) is 33.1 Å². The van der Waals surface area contributed by atoms with Gasteiger partial charge in [0, 0.05) is 141 Å². The van der Waals surface area contributed by atoms with E-state index in [-0.39, 0.29) is 28.7 Å². The molecule has 6 aromatic heterocycles. The number of aldehydes is 1. The molecule has 2 unspecified atom stereocenters. The number of carbonyl (C=O) groups is 3. The topological polar surface area (TPSA) is 257 Å². The van der Waals surface area contributed by atoms with Crippen LogP contribution in [0.3, 0.4) is 0 Å². The van der Waals surface area contributed by atoms with Crippen molar-refractivity contribution >= 4 is 55.5 Å². The fraction of sp³-hybridized carbons (Fsp3) is 0.375. The second-order valence-electron chi connectivity index (χ2n) is 24.5. The Kier molecular flexibility index (Phi) is 27.0. The van der Waals surface area contributed by atoms with Crippen molar-refractivity contribution in [1.29, 1.82) is 0 Å². The predicted octanol–water partition coefficient (Wildman–Crippen LogP) is 10.0. The van der Waals surface area contributed by atoms with Crippen molar-refractivity contribution in [3.63, 3.8) is 0 Å². The lowest BCUT2D eigenvalue weighted by Crippen LogP contribution is -2.35. The van der Waals surface area contributed by atoms with Gasteiger partial charge in [-0.25, -0.2) is 8.42 Å². The second-order valence-corrected chi connectivity index (χ2v) is 26.2. The average molecular weight is 1280 g/mol. The van der Waals surface area contributed by atoms with Crippen molar-refractivity contribution in [1.82, 2.24) is 58.9 Å². The van der Waals surface area contributed by atoms with Crippen LogP contribution in [0, 0.1) is 24.7 Å². The number of anilines is 1. The molecule has 21 heteroatoms. The van der Waals surface area contributed by atoms with Crippen LogP contribution in [0.15, 0.2) is 182 Å². The predicted molar refractivity (Wildman–Crippen MR) is 369 cm³/mol. The number of fused-ring (bicyclic) bond motifs is 2. The number of benzene rings is 3. The molecule has 490 valence electrons. The molecule has 3 aromatic carbocycles. The lowest BCUT2D eigenvalue weighted by atomic mass is 9.85. The van der Waals surface area contributed by atoms with Gasteiger partial charge in [0.2, 0.25) is 0 Å². The third-order valence-electron chi connectivity index (χ3n) is 17.6. The Bertz CT molecular complexity index is 3840. The number of rotatable bonds is 12. The van der Waals surface area contributed by atoms with Crippen LogP contribution in [-0.2, 0) is 21.9 Å². The summed E-state index contributed by atoms with van der Waals surface area (Å²) >= 11 is 0. The Balaban J connectivity index is 0.000000160. The number of Topliss-reactive ketones (excluding diaryl/α,β-unsaturated/α-hetero) is 2. The van der Waals surface area contributed by atoms with Crippen molar-refractivity contribution in [2.75, 3.05) is 85.9 Å². The molecular weight excluding hydrogens is 1190 g/mol. The minimum Gasteiger partial charge on any atom is -0.378 e. The van der Waals surface area contributed by atoms with Gasteiger partial charge in [-0.3, -0.25) is 50.1 Å². The first-order valence-electron chi connectivity index (χ1n) is 31.9. The van der Waals surface area contributed by atoms with E-state index in [1.165, 1.54) is 66.3 Å². The number of hydrogen-bond donors (Lipinski definition) is 4. The molecule has 0 bridgehead atoms. The van der Waals surface area contributed by atoms with Gasteiger partial charge in [-0.2, -0.15) is 4.83 Å². The fourth-order valence-electron chi connectivity index (χ4n) is 11.7. The van der Waals surface area contributed by atoms with Gasteiger partial charge in [-0.1, -0.05) is 42.0 Å². The summed E-state index contributed by atoms with van der Waals surface area (Å²) in [6, 6.07) is 35.3. The van der Waals surface area contributed by atoms with Crippen LogP contribution in [-0.4, -0.2) is 161 Å². The number of aryl methyl sites for hydroxylation is 2. The van der Waals surface area contributed by atoms with E-state index in [0.29, 0.717) is 23.2 Å². The molecular formula is C72H91N15O5S. The summed E-state index contributed by atoms with van der Waals surface area (Å²) in [6.07, 6.45) is 28.7. The average Bonchev–Trinajstić information content (AvgIpc) is 1.78. The van der Waals surface area contributed by atoms with Gasteiger partial charge in [-0.05, 0) is 220 Å². The van der Waals surface area contributed by atoms with Crippen molar-refractivity contribution in [2.24, 2.45) is 36.4 Å². The van der Waals surface area contributed by atoms with E-state index in [4.69, 9.17) is 16.6 Å². The van der Waals surface area contributed by atoms with Crippen molar-refractivity contribution in [2.45, 2.75) is 75.3 Å². The Hall–Kier alpha value is -8.38. The molecule has 0 radical (unpaired) electrons. The minimum atomic E-state index is -3.49. The number of carbonyl (C=O) groups excluding carboxylic acids is 3. The molecule has 10 heterocycles. The molecule has 6 N–H and O–H groups in total. The number of sulfonamides is 1. The molecule has 20 nitrogen and oxygen atoms in total. The van der Waals surface area contributed by atoms with Gasteiger partial charge in [0.05, 0.1) is 22.0 Å². The summed E-state index contributed by atoms with van der Waals surface area (Å²) in [4.78, 5) is 69.4. The zero-order valence-electron chi connectivity index (χ0n) is 54.5. The Labute approximate surface area is 548 Å². The molecule has 0 saturated carbocycles. The highest BCUT2D eigenvalue weighted by molar-refractivity contribution is 7.89. The van der Waals surface area contributed by atoms with Crippen LogP contribution >= 0.6 is 0 Å². The second kappa shape index (κ2) is 35.6. The SMILES string of the molecule is CN1CCC(=O)CC1.CN1CCC(C(=O)c2cccnc2)CC1.CN1CCC(C(N)c2cccnc2)CC1.CN1CCC(C(Nc2cc(-c3ccc4ccn(C)c4c3)c3nccnc3c2)c2cccnc2)CC1.Cc1ccc(S(=O)(=O)NN)cc1.O=Cc1cccnc1. The number of pyridine rings is 4. The maximum Gasteiger partial charge on any atom is 0.253 e. The first-order chi connectivity index (χ1) is 45.0. The van der Waals surface area contributed by atoms with E-state index in [0.717, 1.165) is 123 Å². The highest BCUT2D eigenvalue weighted by Gasteiger charge is 2.29. The van der Waals surface area contributed by atoms with Crippen LogP contribution in [0.5, 0.6) is 0 Å². The molecule has 4 aliphatic heterocycles. The van der Waals surface area contributed by atoms with E-state index in [2.05, 4.69) is 137 Å². The number of piperidine rings is 4. The van der Waals surface area contributed by atoms with E-state index >= 15 is 0 Å². The van der Waals surface area contributed by atoms with Crippen molar-refractivity contribution < 1.29 is 22.8 Å². The molecule has 9 aromatic rings. The number of aromatic nitrogens is 7. The van der Waals surface area contributed by atoms with Crippen LogP contribution in [0.2, 0.25) is 0 Å². The van der Waals surface area contributed by atoms with Crippen LogP contribution in [0.4, 0.5) is 5.69 Å². The third kappa shape index (κ3) is 21.3. The summed E-state index contributed by atoms with van der Waals surface area (Å²) in [7, 11) is 7.13. The van der Waals surface area contributed by atoms with Gasteiger partial charge < -0.3 is 35.2 Å². The van der Waals surface area contributed by atoms with Crippen LogP contribution in [0.1, 0.15) is 101 Å². The Morgan fingerprint density at radius 2 is 1.17 bits per heavy atom. The molecule has 0 spiro atoms. The van der Waals surface area contributed by atoms with Gasteiger partial charge in [0.1, 0.15) is 5.78 Å². The monoisotopic (exact) mass is 1280 g/mol. The maximum absolute atomic E-state index is 12.0. The largest absolute Gasteiger partial charge is 0.378 e. The lowest BCUT2D eigenvalue weighted by molar-refractivity contribution is -0.121. The number of hydrogen-bond acceptors (Lipinski definition) is 18. The third-order valence-corrected chi connectivity index (χ3v) is 18.8. The zero-order valence-corrected chi connectivity index (χ0v) is 55.4. The number of likely N-dealkylation sites (tertiary alicyclic amines) is 4. The Morgan fingerprint density at radius 3 is 1.72 bits per heavy atom. The van der Waals surface area contributed by atoms with Gasteiger partial charge in [-0.15, -0.1) is 0 Å². The van der Waals surface area contributed by atoms with Gasteiger partial charge in [0.25, 0.3) is 10.0 Å². The standard InChI is InChI=1S/C29H30N6.C12H19N3.C12H16N2O.C7H10N2O2S.C6H11NO.C6H5NO/c1-34-13-7-21(8-14-34)28(23-4-3-10-30-19-23)33-24-17-25(29-26(18-24)31-11-12-32-29)22-6-5-20-9-15-35(2)27(20)16-22;1-15-7-4-10(5-8-15)12(13)11-3-2-6-14-9-11;1-14-7-4-10(5-8-14)12(15)11-3-2-6-13-9-11;1-6-2-4-7(5-3-6)12(10,11)9-8;1-7-4-2-6(8)3-5-7;8-5-6-2-1-3-7-4-6/h3-6,9-12,15-19,21,28,33H,7-8,13-14H2,1-2H3;2-3,6,9-10,12H,4-5,7-8,13H2,1H3;2-3,6,9-10H,4-5,7-8H2,1H3;2-5,9H,8H2,1H3;2-5H2,1H3;1-5H. The fourth-order valence-corrected chi connectivity index (χ4v) is 12.4. The Morgan fingerprint density at radius 1 is 0.613 bits per heavy atom. The molecule has 4 fully saturated rings. The van der Waals surface area contributed by atoms with Crippen LogP contribution < -0.4 is 21.7 Å². The van der Waals surface area contributed by atoms with E-state index in [9.17, 15) is 22.8 Å². The number of hydrazine groups is 1. The van der Waals surface area contributed by atoms with E-state index in [1.54, 1.807) is 66.3 Å². The van der Waals surface area contributed by atoms with E-state index in [1.807, 2.05) is 56.8 Å². The zero-order chi connectivity index (χ0) is 66.1. The van der Waals surface area contributed by atoms with Crippen molar-refractivity contribution in [3.8, 4) is 11.1 Å². The lowest BCUT2D eigenvalue weighted by Gasteiger charge is -2.35. The first-order valence-corrected chi connectivity index (χ1v) is 33.4. The number of ketones is 2.